The molecule has 4 aromatic heterocycles. The van der Waals surface area contributed by atoms with Crippen LogP contribution in [0.5, 0.6) is 0 Å². The molecule has 1 aliphatic rings. The third-order valence-corrected chi connectivity index (χ3v) is 6.13. The number of rotatable bonds is 3. The summed E-state index contributed by atoms with van der Waals surface area (Å²) < 4.78 is 2.01. The van der Waals surface area contributed by atoms with Gasteiger partial charge >= 0.3 is 0 Å². The molecule has 0 unspecified atom stereocenters. The Kier molecular flexibility index (Phi) is 4.29. The van der Waals surface area contributed by atoms with Crippen molar-refractivity contribution in [2.24, 2.45) is 0 Å². The molecule has 0 atom stereocenters. The minimum Gasteiger partial charge on any atom is -0.353 e. The first-order chi connectivity index (χ1) is 13.8. The highest BCUT2D eigenvalue weighted by molar-refractivity contribution is 7.21. The lowest BCUT2D eigenvalue weighted by Crippen LogP contribution is -2.49. The number of fused-ring (bicyclic) bond motifs is 1. The molecule has 0 saturated carbocycles. The van der Waals surface area contributed by atoms with Crippen LogP contribution in [0.15, 0.2) is 67.3 Å². The first-order valence-corrected chi connectivity index (χ1v) is 10.1. The Labute approximate surface area is 166 Å². The number of amides is 1. The second kappa shape index (κ2) is 7.09. The Bertz CT molecular complexity index is 1100. The summed E-state index contributed by atoms with van der Waals surface area (Å²) in [7, 11) is 0. The predicted octanol–water partition coefficient (Wildman–Crippen LogP) is 3.44. The van der Waals surface area contributed by atoms with Gasteiger partial charge in [-0.2, -0.15) is 0 Å². The number of hydrogen-bond acceptors (Lipinski definition) is 5. The summed E-state index contributed by atoms with van der Waals surface area (Å²) in [6.07, 6.45) is 7.53. The minimum atomic E-state index is 0.0763. The topological polar surface area (TPSA) is 54.3 Å². The van der Waals surface area contributed by atoms with Gasteiger partial charge in [-0.15, -0.1) is 11.3 Å². The van der Waals surface area contributed by atoms with Crippen LogP contribution >= 0.6 is 11.3 Å². The highest BCUT2D eigenvalue weighted by Gasteiger charge is 2.27. The van der Waals surface area contributed by atoms with Crippen LogP contribution in [0.2, 0.25) is 0 Å². The summed E-state index contributed by atoms with van der Waals surface area (Å²) in [6, 6.07) is 13.8. The molecule has 140 valence electrons. The lowest BCUT2D eigenvalue weighted by Gasteiger charge is -2.35. The van der Waals surface area contributed by atoms with Crippen molar-refractivity contribution in [2.75, 3.05) is 31.1 Å². The van der Waals surface area contributed by atoms with Crippen molar-refractivity contribution >= 4 is 33.3 Å². The largest absolute Gasteiger partial charge is 0.353 e. The van der Waals surface area contributed by atoms with Crippen molar-refractivity contribution in [1.82, 2.24) is 19.4 Å². The van der Waals surface area contributed by atoms with Gasteiger partial charge in [-0.05, 0) is 36.4 Å². The predicted molar refractivity (Wildman–Crippen MR) is 111 cm³/mol. The number of nitrogens with zero attached hydrogens (tertiary/aromatic N) is 5. The standard InChI is InChI=1S/C21H19N5OS/c27-21(26-14-12-24(13-15-26)17-7-1-2-8-22-17)19-18(25-10-3-4-11-25)16-6-5-9-23-20(16)28-19/h1-11H,12-15H2. The molecule has 28 heavy (non-hydrogen) atoms. The second-order valence-electron chi connectivity index (χ2n) is 6.69. The molecule has 4 aromatic rings. The average molecular weight is 389 g/mol. The van der Waals surface area contributed by atoms with Crippen LogP contribution in [-0.2, 0) is 0 Å². The van der Waals surface area contributed by atoms with Crippen molar-refractivity contribution in [1.29, 1.82) is 0 Å². The fraction of sp³-hybridized carbons (Fsp3) is 0.190. The highest BCUT2D eigenvalue weighted by atomic mass is 32.1. The van der Waals surface area contributed by atoms with Gasteiger partial charge in [0.15, 0.2) is 0 Å². The fourth-order valence-electron chi connectivity index (χ4n) is 3.63. The van der Waals surface area contributed by atoms with Crippen molar-refractivity contribution in [2.45, 2.75) is 0 Å². The monoisotopic (exact) mass is 389 g/mol. The third kappa shape index (κ3) is 2.93. The lowest BCUT2D eigenvalue weighted by molar-refractivity contribution is 0.0751. The second-order valence-corrected chi connectivity index (χ2v) is 7.69. The van der Waals surface area contributed by atoms with E-state index >= 15 is 0 Å². The van der Waals surface area contributed by atoms with Gasteiger partial charge in [0.25, 0.3) is 5.91 Å². The van der Waals surface area contributed by atoms with Gasteiger partial charge in [0, 0.05) is 56.4 Å². The zero-order chi connectivity index (χ0) is 18.9. The molecular weight excluding hydrogens is 370 g/mol. The first kappa shape index (κ1) is 16.9. The number of piperazine rings is 1. The van der Waals surface area contributed by atoms with E-state index in [1.807, 2.05) is 64.3 Å². The number of carbonyl (C=O) groups is 1. The number of hydrogen-bond donors (Lipinski definition) is 0. The normalized spacial score (nSPS) is 14.6. The molecular formula is C21H19N5OS. The van der Waals surface area contributed by atoms with Crippen molar-refractivity contribution in [3.05, 3.63) is 72.1 Å². The fourth-order valence-corrected chi connectivity index (χ4v) is 4.74. The minimum absolute atomic E-state index is 0.0763. The van der Waals surface area contributed by atoms with Crippen LogP contribution in [0.3, 0.4) is 0 Å². The zero-order valence-corrected chi connectivity index (χ0v) is 16.0. The lowest BCUT2D eigenvalue weighted by atomic mass is 10.2. The van der Waals surface area contributed by atoms with E-state index in [0.29, 0.717) is 13.1 Å². The maximum Gasteiger partial charge on any atom is 0.266 e. The average Bonchev–Trinajstić information content (AvgIpc) is 3.41. The molecule has 0 spiro atoms. The quantitative estimate of drug-likeness (QED) is 0.539. The van der Waals surface area contributed by atoms with Crippen LogP contribution in [0.1, 0.15) is 9.67 Å². The number of thiophene rings is 1. The van der Waals surface area contributed by atoms with Crippen LogP contribution < -0.4 is 4.90 Å². The van der Waals surface area contributed by atoms with E-state index < -0.39 is 0 Å². The molecule has 0 aromatic carbocycles. The van der Waals surface area contributed by atoms with Gasteiger partial charge in [0.2, 0.25) is 0 Å². The van der Waals surface area contributed by atoms with Crippen LogP contribution in [0.4, 0.5) is 5.82 Å². The SMILES string of the molecule is O=C(c1sc2ncccc2c1-n1cccc1)N1CCN(c2ccccn2)CC1. The Morgan fingerprint density at radius 2 is 1.68 bits per heavy atom. The van der Waals surface area contributed by atoms with E-state index in [4.69, 9.17) is 0 Å². The Balaban J connectivity index is 1.43. The van der Waals surface area contributed by atoms with E-state index in [1.165, 1.54) is 11.3 Å². The Morgan fingerprint density at radius 3 is 2.43 bits per heavy atom. The number of carbonyl (C=O) groups excluding carboxylic acids is 1. The summed E-state index contributed by atoms with van der Waals surface area (Å²) in [5.74, 6) is 1.04. The van der Waals surface area contributed by atoms with Crippen LogP contribution in [0, 0.1) is 0 Å². The Morgan fingerprint density at radius 1 is 0.893 bits per heavy atom. The third-order valence-electron chi connectivity index (χ3n) is 5.04. The molecule has 0 aliphatic carbocycles. The maximum atomic E-state index is 13.4. The molecule has 0 radical (unpaired) electrons. The molecule has 5 heterocycles. The maximum absolute atomic E-state index is 13.4. The summed E-state index contributed by atoms with van der Waals surface area (Å²) in [5.41, 5.74) is 0.926. The van der Waals surface area contributed by atoms with E-state index in [2.05, 4.69) is 14.9 Å². The molecule has 1 amide bonds. The number of pyridine rings is 2. The molecule has 0 bridgehead atoms. The van der Waals surface area contributed by atoms with Gasteiger partial charge < -0.3 is 14.4 Å². The molecule has 6 nitrogen and oxygen atoms in total. The zero-order valence-electron chi connectivity index (χ0n) is 15.2. The van der Waals surface area contributed by atoms with E-state index in [0.717, 1.165) is 39.7 Å². The van der Waals surface area contributed by atoms with Crippen molar-refractivity contribution < 1.29 is 4.79 Å². The van der Waals surface area contributed by atoms with Crippen molar-refractivity contribution in [3.63, 3.8) is 0 Å². The molecule has 7 heteroatoms. The van der Waals surface area contributed by atoms with Gasteiger partial charge in [-0.1, -0.05) is 6.07 Å². The summed E-state index contributed by atoms with van der Waals surface area (Å²) >= 11 is 1.47. The van der Waals surface area contributed by atoms with E-state index in [9.17, 15) is 4.79 Å². The van der Waals surface area contributed by atoms with Gasteiger partial charge in [-0.25, -0.2) is 9.97 Å². The molecule has 5 rings (SSSR count). The van der Waals surface area contributed by atoms with E-state index in [-0.39, 0.29) is 5.91 Å². The van der Waals surface area contributed by atoms with Crippen LogP contribution in [-0.4, -0.2) is 51.5 Å². The van der Waals surface area contributed by atoms with Crippen molar-refractivity contribution in [3.8, 4) is 5.69 Å². The molecule has 0 N–H and O–H groups in total. The number of anilines is 1. The molecule has 1 aliphatic heterocycles. The first-order valence-electron chi connectivity index (χ1n) is 9.27. The number of aromatic nitrogens is 3. The van der Waals surface area contributed by atoms with Gasteiger partial charge in [-0.3, -0.25) is 4.79 Å². The summed E-state index contributed by atoms with van der Waals surface area (Å²) in [5, 5.41) is 1.01. The van der Waals surface area contributed by atoms with E-state index in [1.54, 1.807) is 12.4 Å². The molecule has 1 saturated heterocycles. The van der Waals surface area contributed by atoms with Gasteiger partial charge in [0.1, 0.15) is 15.5 Å². The highest BCUT2D eigenvalue weighted by Crippen LogP contribution is 2.34. The van der Waals surface area contributed by atoms with Crippen LogP contribution in [0.25, 0.3) is 15.9 Å². The summed E-state index contributed by atoms with van der Waals surface area (Å²) in [6.45, 7) is 2.93. The smallest absolute Gasteiger partial charge is 0.266 e. The Hall–Kier alpha value is -3.19. The summed E-state index contributed by atoms with van der Waals surface area (Å²) in [4.78, 5) is 28.1. The molecule has 1 fully saturated rings. The van der Waals surface area contributed by atoms with Gasteiger partial charge in [0.05, 0.1) is 5.69 Å².